The van der Waals surface area contributed by atoms with Gasteiger partial charge >= 0.3 is 5.97 Å². The molecule has 1 aromatic carbocycles. The maximum absolute atomic E-state index is 13.2. The van der Waals surface area contributed by atoms with Gasteiger partial charge in [-0.3, -0.25) is 14.6 Å². The van der Waals surface area contributed by atoms with E-state index in [1.54, 1.807) is 13.2 Å². The van der Waals surface area contributed by atoms with Gasteiger partial charge in [-0.25, -0.2) is 0 Å². The molecule has 1 heterocycles. The van der Waals surface area contributed by atoms with Crippen LogP contribution in [0.2, 0.25) is 0 Å². The Morgan fingerprint density at radius 3 is 2.48 bits per heavy atom. The summed E-state index contributed by atoms with van der Waals surface area (Å²) in [6.45, 7) is 4.21. The van der Waals surface area contributed by atoms with Crippen LogP contribution in [0.1, 0.15) is 57.4 Å². The lowest BCUT2D eigenvalue weighted by molar-refractivity contribution is -0.146. The van der Waals surface area contributed by atoms with Crippen LogP contribution in [-0.4, -0.2) is 45.4 Å². The van der Waals surface area contributed by atoms with Crippen LogP contribution >= 0.6 is 0 Å². The van der Waals surface area contributed by atoms with Crippen molar-refractivity contribution in [1.29, 1.82) is 0 Å². The number of carbonyl (C=O) groups is 2. The van der Waals surface area contributed by atoms with E-state index in [9.17, 15) is 9.59 Å². The van der Waals surface area contributed by atoms with Gasteiger partial charge in [0.1, 0.15) is 5.92 Å². The molecule has 0 amide bonds. The van der Waals surface area contributed by atoms with Crippen LogP contribution in [-0.2, 0) is 14.3 Å². The quantitative estimate of drug-likeness (QED) is 0.454. The molecule has 2 aliphatic rings. The molecule has 0 N–H and O–H groups in total. The molecular weight excluding hydrogens is 398 g/mol. The van der Waals surface area contributed by atoms with E-state index in [4.69, 9.17) is 18.9 Å². The van der Waals surface area contributed by atoms with Crippen LogP contribution in [0.25, 0.3) is 0 Å². The number of nitrogens with zero attached hydrogens (tertiary/aromatic N) is 1. The fourth-order valence-corrected chi connectivity index (χ4v) is 4.42. The molecule has 0 radical (unpaired) electrons. The van der Waals surface area contributed by atoms with Gasteiger partial charge in [0.25, 0.3) is 0 Å². The van der Waals surface area contributed by atoms with Crippen molar-refractivity contribution in [2.24, 2.45) is 10.9 Å². The highest BCUT2D eigenvalue weighted by molar-refractivity contribution is 6.09. The van der Waals surface area contributed by atoms with E-state index in [0.29, 0.717) is 53.5 Å². The van der Waals surface area contributed by atoms with Crippen LogP contribution < -0.4 is 14.2 Å². The Bertz CT molecular complexity index is 917. The van der Waals surface area contributed by atoms with Crippen molar-refractivity contribution in [2.45, 2.75) is 51.9 Å². The van der Waals surface area contributed by atoms with Crippen molar-refractivity contribution in [1.82, 2.24) is 0 Å². The number of esters is 1. The Kier molecular flexibility index (Phi) is 7.36. The molecule has 168 valence electrons. The minimum Gasteiger partial charge on any atom is -0.493 e. The number of ether oxygens (including phenoxy) is 4. The second kappa shape index (κ2) is 9.98. The normalized spacial score (nSPS) is 20.7. The molecular formula is C24H31NO6. The zero-order chi connectivity index (χ0) is 22.5. The zero-order valence-electron chi connectivity index (χ0n) is 18.9. The van der Waals surface area contributed by atoms with Gasteiger partial charge in [0.2, 0.25) is 5.75 Å². The number of benzene rings is 1. The van der Waals surface area contributed by atoms with Gasteiger partial charge in [-0.15, -0.1) is 0 Å². The van der Waals surface area contributed by atoms with Gasteiger partial charge in [0.05, 0.1) is 27.9 Å². The average Bonchev–Trinajstić information content (AvgIpc) is 2.77. The molecule has 31 heavy (non-hydrogen) atoms. The van der Waals surface area contributed by atoms with Crippen LogP contribution in [0.3, 0.4) is 0 Å². The maximum Gasteiger partial charge on any atom is 0.315 e. The number of hydrogen-bond acceptors (Lipinski definition) is 7. The van der Waals surface area contributed by atoms with Crippen LogP contribution in [0.5, 0.6) is 17.2 Å². The van der Waals surface area contributed by atoms with Gasteiger partial charge < -0.3 is 18.9 Å². The van der Waals surface area contributed by atoms with Crippen molar-refractivity contribution in [2.75, 3.05) is 27.9 Å². The summed E-state index contributed by atoms with van der Waals surface area (Å²) in [6.07, 6.45) is 3.62. The fourth-order valence-electron chi connectivity index (χ4n) is 4.42. The molecule has 1 unspecified atom stereocenters. The molecule has 3 rings (SSSR count). The number of hydrogen-bond donors (Lipinski definition) is 0. The first-order valence-electron chi connectivity index (χ1n) is 10.7. The van der Waals surface area contributed by atoms with E-state index in [1.165, 1.54) is 14.2 Å². The minimum atomic E-state index is -0.704. The smallest absolute Gasteiger partial charge is 0.315 e. The zero-order valence-corrected chi connectivity index (χ0v) is 18.9. The molecule has 7 nitrogen and oxygen atoms in total. The molecule has 1 aliphatic carbocycles. The van der Waals surface area contributed by atoms with E-state index in [1.807, 2.05) is 19.9 Å². The second-order valence-corrected chi connectivity index (χ2v) is 7.79. The summed E-state index contributed by atoms with van der Waals surface area (Å²) in [6, 6.07) is 3.60. The Morgan fingerprint density at radius 1 is 1.10 bits per heavy atom. The Labute approximate surface area is 183 Å². The predicted octanol–water partition coefficient (Wildman–Crippen LogP) is 4.24. The van der Waals surface area contributed by atoms with Crippen molar-refractivity contribution < 1.29 is 28.5 Å². The van der Waals surface area contributed by atoms with Gasteiger partial charge in [0, 0.05) is 34.9 Å². The van der Waals surface area contributed by atoms with Crippen molar-refractivity contribution >= 4 is 17.5 Å². The van der Waals surface area contributed by atoms with E-state index >= 15 is 0 Å². The standard InChI is InChI=1S/C24H31NO6/c1-6-7-13-31-24(27)19-14(2)25-16-9-8-10-17(26)21(16)20(19)15-11-12-18(28-3)23(30-5)22(15)29-4/h11-12,19-20H,6-10,13H2,1-5H3/t19?,20-/m1/s1. The second-order valence-electron chi connectivity index (χ2n) is 7.79. The molecule has 0 aromatic heterocycles. The van der Waals surface area contributed by atoms with Crippen molar-refractivity contribution in [3.63, 3.8) is 0 Å². The van der Waals surface area contributed by atoms with E-state index in [-0.39, 0.29) is 11.8 Å². The summed E-state index contributed by atoms with van der Waals surface area (Å²) < 4.78 is 22.3. The maximum atomic E-state index is 13.2. The number of ketones is 1. The first-order valence-corrected chi connectivity index (χ1v) is 10.7. The summed E-state index contributed by atoms with van der Waals surface area (Å²) in [5.41, 5.74) is 2.68. The largest absolute Gasteiger partial charge is 0.493 e. The summed E-state index contributed by atoms with van der Waals surface area (Å²) in [5, 5.41) is 0. The Balaban J connectivity index is 2.18. The fraction of sp³-hybridized carbons (Fsp3) is 0.542. The third-order valence-corrected chi connectivity index (χ3v) is 5.90. The van der Waals surface area contributed by atoms with E-state index < -0.39 is 11.8 Å². The Hall–Kier alpha value is -2.83. The number of aliphatic imine (C=N–C) groups is 1. The first-order chi connectivity index (χ1) is 15.0. The Morgan fingerprint density at radius 2 is 1.84 bits per heavy atom. The number of unbranched alkanes of at least 4 members (excludes halogenated alkanes) is 1. The molecule has 1 aromatic rings. The van der Waals surface area contributed by atoms with Crippen LogP contribution in [0, 0.1) is 5.92 Å². The summed E-state index contributed by atoms with van der Waals surface area (Å²) in [5.74, 6) is -0.235. The summed E-state index contributed by atoms with van der Waals surface area (Å²) >= 11 is 0. The molecule has 0 saturated carbocycles. The third-order valence-electron chi connectivity index (χ3n) is 5.90. The topological polar surface area (TPSA) is 83.4 Å². The highest BCUT2D eigenvalue weighted by atomic mass is 16.5. The molecule has 0 bridgehead atoms. The van der Waals surface area contributed by atoms with Crippen molar-refractivity contribution in [3.8, 4) is 17.2 Å². The highest BCUT2D eigenvalue weighted by Crippen LogP contribution is 2.50. The van der Waals surface area contributed by atoms with Crippen molar-refractivity contribution in [3.05, 3.63) is 29.0 Å². The summed E-state index contributed by atoms with van der Waals surface area (Å²) in [4.78, 5) is 30.9. The monoisotopic (exact) mass is 429 g/mol. The van der Waals surface area contributed by atoms with Gasteiger partial charge in [-0.2, -0.15) is 0 Å². The lowest BCUT2D eigenvalue weighted by atomic mass is 9.71. The summed E-state index contributed by atoms with van der Waals surface area (Å²) in [7, 11) is 4.62. The minimum absolute atomic E-state index is 0.0192. The molecule has 0 spiro atoms. The lowest BCUT2D eigenvalue weighted by Crippen LogP contribution is -2.37. The molecule has 2 atom stereocenters. The van der Waals surface area contributed by atoms with Gasteiger partial charge in [-0.1, -0.05) is 19.4 Å². The number of Topliss-reactive ketones (excluding diaryl/α,β-unsaturated/α-hetero) is 1. The van der Waals surface area contributed by atoms with Crippen LogP contribution in [0.4, 0.5) is 0 Å². The molecule has 0 saturated heterocycles. The van der Waals surface area contributed by atoms with E-state index in [2.05, 4.69) is 4.99 Å². The average molecular weight is 430 g/mol. The van der Waals surface area contributed by atoms with Gasteiger partial charge in [-0.05, 0) is 32.3 Å². The SMILES string of the molecule is CCCCOC(=O)C1C(C)=NC2=C(C(=O)CCC2)[C@@H]1c1ccc(OC)c(OC)c1OC. The predicted molar refractivity (Wildman–Crippen MR) is 117 cm³/mol. The molecule has 1 aliphatic heterocycles. The highest BCUT2D eigenvalue weighted by Gasteiger charge is 2.44. The number of methoxy groups -OCH3 is 3. The number of carbonyl (C=O) groups excluding carboxylic acids is 2. The van der Waals surface area contributed by atoms with Crippen LogP contribution in [0.15, 0.2) is 28.4 Å². The number of rotatable bonds is 8. The molecule has 7 heteroatoms. The van der Waals surface area contributed by atoms with E-state index in [0.717, 1.165) is 25.0 Å². The molecule has 0 fully saturated rings. The van der Waals surface area contributed by atoms with Gasteiger partial charge in [0.15, 0.2) is 17.3 Å². The third kappa shape index (κ3) is 4.31. The first kappa shape index (κ1) is 22.8. The number of allylic oxidation sites excluding steroid dienone is 2. The lowest BCUT2D eigenvalue weighted by Gasteiger charge is -2.35.